The van der Waals surface area contributed by atoms with E-state index in [1.54, 1.807) is 0 Å². The zero-order valence-corrected chi connectivity index (χ0v) is 13.0. The fourth-order valence-electron chi connectivity index (χ4n) is 2.40. The molecule has 0 saturated carbocycles. The van der Waals surface area contributed by atoms with Gasteiger partial charge in [0.2, 0.25) is 0 Å². The third-order valence-electron chi connectivity index (χ3n) is 3.58. The average molecular weight is 291 g/mol. The average Bonchev–Trinajstić information content (AvgIpc) is 2.95. The second-order valence-corrected chi connectivity index (χ2v) is 5.85. The largest absolute Gasteiger partial charge is 0.384 e. The third kappa shape index (κ3) is 3.19. The molecule has 0 amide bonds. The molecule has 1 heterocycles. The van der Waals surface area contributed by atoms with Crippen molar-refractivity contribution >= 4 is 28.7 Å². The maximum absolute atomic E-state index is 4.38. The molecule has 0 radical (unpaired) electrons. The molecular weight excluding hydrogens is 270 g/mol. The molecule has 0 aliphatic rings. The molecule has 112 valence electrons. The molecule has 3 rings (SSSR count). The quantitative estimate of drug-likeness (QED) is 0.709. The molecule has 0 atom stereocenters. The predicted octanol–water partition coefficient (Wildman–Crippen LogP) is 4.80. The van der Waals surface area contributed by atoms with Crippen LogP contribution >= 0.6 is 0 Å². The van der Waals surface area contributed by atoms with Crippen molar-refractivity contribution in [3.05, 3.63) is 59.8 Å². The molecule has 0 aliphatic heterocycles. The monoisotopic (exact) mass is 291 g/mol. The van der Waals surface area contributed by atoms with E-state index < -0.39 is 0 Å². The highest BCUT2D eigenvalue weighted by Gasteiger charge is 2.02. The fraction of sp³-hybridized carbons (Fsp3) is 0.211. The van der Waals surface area contributed by atoms with Crippen molar-refractivity contribution in [3.8, 4) is 0 Å². The van der Waals surface area contributed by atoms with Gasteiger partial charge in [0.25, 0.3) is 0 Å². The Morgan fingerprint density at radius 2 is 1.82 bits per heavy atom. The minimum absolute atomic E-state index is 0.618. The molecule has 3 heteroatoms. The van der Waals surface area contributed by atoms with Crippen LogP contribution in [0.4, 0.5) is 5.69 Å². The molecule has 0 bridgehead atoms. The highest BCUT2D eigenvalue weighted by atomic mass is 15.1. The van der Waals surface area contributed by atoms with Gasteiger partial charge in [0.1, 0.15) is 0 Å². The summed E-state index contributed by atoms with van der Waals surface area (Å²) in [7, 11) is 0. The Hall–Kier alpha value is -2.55. The van der Waals surface area contributed by atoms with E-state index >= 15 is 0 Å². The first kappa shape index (κ1) is 14.4. The molecule has 0 spiro atoms. The minimum atomic E-state index is 0.618. The number of aromatic nitrogens is 2. The van der Waals surface area contributed by atoms with Gasteiger partial charge in [-0.3, -0.25) is 5.10 Å². The number of rotatable bonds is 5. The lowest BCUT2D eigenvalue weighted by Gasteiger charge is -2.11. The smallest absolute Gasteiger partial charge is 0.0927 e. The number of para-hydroxylation sites is 2. The van der Waals surface area contributed by atoms with Crippen LogP contribution < -0.4 is 5.32 Å². The number of aromatic amines is 1. The molecule has 22 heavy (non-hydrogen) atoms. The number of fused-ring (bicyclic) bond motifs is 1. The Labute approximate surface area is 131 Å². The van der Waals surface area contributed by atoms with E-state index in [2.05, 4.69) is 71.8 Å². The van der Waals surface area contributed by atoms with Crippen LogP contribution in [0.3, 0.4) is 0 Å². The number of nitrogens with zero attached hydrogens (tertiary/aromatic N) is 1. The van der Waals surface area contributed by atoms with Crippen LogP contribution in [-0.4, -0.2) is 16.7 Å². The van der Waals surface area contributed by atoms with E-state index in [1.807, 2.05) is 18.2 Å². The van der Waals surface area contributed by atoms with E-state index in [-0.39, 0.29) is 0 Å². The molecule has 1 aromatic heterocycles. The number of benzene rings is 2. The molecule has 3 aromatic rings. The van der Waals surface area contributed by atoms with Gasteiger partial charge in [-0.1, -0.05) is 56.3 Å². The van der Waals surface area contributed by atoms with Crippen LogP contribution in [0.25, 0.3) is 23.1 Å². The maximum Gasteiger partial charge on any atom is 0.0927 e. The number of nitrogens with one attached hydrogen (secondary N) is 2. The zero-order chi connectivity index (χ0) is 15.4. The summed E-state index contributed by atoms with van der Waals surface area (Å²) in [6.45, 7) is 5.39. The van der Waals surface area contributed by atoms with Crippen molar-refractivity contribution in [2.45, 2.75) is 13.8 Å². The summed E-state index contributed by atoms with van der Waals surface area (Å²) in [5.74, 6) is 0.618. The van der Waals surface area contributed by atoms with Gasteiger partial charge in [0.15, 0.2) is 0 Å². The molecule has 3 nitrogen and oxygen atoms in total. The van der Waals surface area contributed by atoms with Gasteiger partial charge < -0.3 is 5.32 Å². The summed E-state index contributed by atoms with van der Waals surface area (Å²) in [5.41, 5.74) is 4.37. The van der Waals surface area contributed by atoms with Crippen LogP contribution in [0.5, 0.6) is 0 Å². The van der Waals surface area contributed by atoms with Crippen LogP contribution in [0, 0.1) is 5.92 Å². The Morgan fingerprint density at radius 1 is 1.05 bits per heavy atom. The molecule has 0 saturated heterocycles. The predicted molar refractivity (Wildman–Crippen MR) is 94.8 cm³/mol. The van der Waals surface area contributed by atoms with Crippen molar-refractivity contribution in [3.63, 3.8) is 0 Å². The van der Waals surface area contributed by atoms with Gasteiger partial charge in [-0.05, 0) is 29.7 Å². The Balaban J connectivity index is 1.86. The second-order valence-electron chi connectivity index (χ2n) is 5.85. The molecule has 2 N–H and O–H groups in total. The number of H-pyrrole nitrogens is 1. The van der Waals surface area contributed by atoms with E-state index in [0.717, 1.165) is 28.8 Å². The summed E-state index contributed by atoms with van der Waals surface area (Å²) < 4.78 is 0. The van der Waals surface area contributed by atoms with Crippen molar-refractivity contribution in [2.24, 2.45) is 5.92 Å². The molecule has 0 aliphatic carbocycles. The summed E-state index contributed by atoms with van der Waals surface area (Å²) >= 11 is 0. The lowest BCUT2D eigenvalue weighted by atomic mass is 10.1. The highest BCUT2D eigenvalue weighted by molar-refractivity contribution is 5.90. The van der Waals surface area contributed by atoms with Crippen molar-refractivity contribution in [2.75, 3.05) is 11.9 Å². The van der Waals surface area contributed by atoms with Gasteiger partial charge in [0, 0.05) is 17.6 Å². The summed E-state index contributed by atoms with van der Waals surface area (Å²) in [6, 6.07) is 16.5. The van der Waals surface area contributed by atoms with Crippen molar-refractivity contribution < 1.29 is 0 Å². The molecule has 0 unspecified atom stereocenters. The van der Waals surface area contributed by atoms with E-state index in [9.17, 15) is 0 Å². The molecular formula is C19H21N3. The first-order chi connectivity index (χ1) is 10.7. The second kappa shape index (κ2) is 6.48. The van der Waals surface area contributed by atoms with Crippen LogP contribution in [0.1, 0.15) is 25.1 Å². The van der Waals surface area contributed by atoms with Crippen molar-refractivity contribution in [1.82, 2.24) is 10.2 Å². The molecule has 2 aromatic carbocycles. The van der Waals surface area contributed by atoms with Crippen LogP contribution in [0.15, 0.2) is 48.5 Å². The molecule has 0 fully saturated rings. The van der Waals surface area contributed by atoms with Gasteiger partial charge in [-0.2, -0.15) is 5.10 Å². The van der Waals surface area contributed by atoms with Gasteiger partial charge in [-0.15, -0.1) is 0 Å². The Kier molecular flexibility index (Phi) is 4.24. The zero-order valence-electron chi connectivity index (χ0n) is 13.0. The Morgan fingerprint density at radius 3 is 2.68 bits per heavy atom. The summed E-state index contributed by atoms with van der Waals surface area (Å²) in [5, 5.41) is 12.1. The standard InChI is InChI=1S/C19H21N3/c1-14(2)13-20-17-9-5-3-7-15(17)11-12-19-16-8-4-6-10-18(16)21-22-19/h3-12,14,20H,13H2,1-2H3,(H,21,22)/b12-11+. The van der Waals surface area contributed by atoms with Crippen LogP contribution in [0.2, 0.25) is 0 Å². The van der Waals surface area contributed by atoms with E-state index in [0.29, 0.717) is 5.92 Å². The summed E-state index contributed by atoms with van der Waals surface area (Å²) in [6.07, 6.45) is 4.18. The maximum atomic E-state index is 4.38. The minimum Gasteiger partial charge on any atom is -0.384 e. The Bertz CT molecular complexity index is 784. The third-order valence-corrected chi connectivity index (χ3v) is 3.58. The lowest BCUT2D eigenvalue weighted by Crippen LogP contribution is -2.08. The highest BCUT2D eigenvalue weighted by Crippen LogP contribution is 2.21. The lowest BCUT2D eigenvalue weighted by molar-refractivity contribution is 0.689. The van der Waals surface area contributed by atoms with Gasteiger partial charge in [-0.25, -0.2) is 0 Å². The first-order valence-electron chi connectivity index (χ1n) is 7.68. The first-order valence-corrected chi connectivity index (χ1v) is 7.68. The summed E-state index contributed by atoms with van der Waals surface area (Å²) in [4.78, 5) is 0. The number of anilines is 1. The van der Waals surface area contributed by atoms with Crippen molar-refractivity contribution in [1.29, 1.82) is 0 Å². The normalized spacial score (nSPS) is 11.6. The topological polar surface area (TPSA) is 40.7 Å². The van der Waals surface area contributed by atoms with E-state index in [4.69, 9.17) is 0 Å². The SMILES string of the molecule is CC(C)CNc1ccccc1/C=C/c1n[nH]c2ccccc12. The van der Waals surface area contributed by atoms with Crippen LogP contribution in [-0.2, 0) is 0 Å². The number of hydrogen-bond acceptors (Lipinski definition) is 2. The van der Waals surface area contributed by atoms with E-state index in [1.165, 1.54) is 5.56 Å². The number of hydrogen-bond donors (Lipinski definition) is 2. The van der Waals surface area contributed by atoms with Gasteiger partial charge in [0.05, 0.1) is 11.2 Å². The van der Waals surface area contributed by atoms with Gasteiger partial charge >= 0.3 is 0 Å². The fourth-order valence-corrected chi connectivity index (χ4v) is 2.40.